The number of carbonyl (C=O) groups is 3. The van der Waals surface area contributed by atoms with Crippen LogP contribution in [0.5, 0.6) is 0 Å². The smallest absolute Gasteiger partial charge is 0.310 e. The maximum Gasteiger partial charge on any atom is 0.310 e. The average molecular weight is 524 g/mol. The summed E-state index contributed by atoms with van der Waals surface area (Å²) in [6.45, 7) is 0. The van der Waals surface area contributed by atoms with Crippen LogP contribution >= 0.6 is 39.1 Å². The summed E-state index contributed by atoms with van der Waals surface area (Å²) in [5, 5.41) is 6.44. The van der Waals surface area contributed by atoms with Gasteiger partial charge in [0, 0.05) is 22.2 Å². The molecule has 160 valence electrons. The van der Waals surface area contributed by atoms with Gasteiger partial charge in [0.05, 0.1) is 27.4 Å². The van der Waals surface area contributed by atoms with Gasteiger partial charge in [-0.05, 0) is 54.8 Å². The molecule has 0 unspecified atom stereocenters. The predicted octanol–water partition coefficient (Wildman–Crippen LogP) is 4.76. The Kier molecular flexibility index (Phi) is 5.23. The summed E-state index contributed by atoms with van der Waals surface area (Å²) in [6, 6.07) is 11.4. The molecule has 3 fully saturated rings. The van der Waals surface area contributed by atoms with Crippen molar-refractivity contribution in [3.8, 4) is 0 Å². The molecule has 2 saturated carbocycles. The number of ether oxygens (including phenoxy) is 1. The van der Waals surface area contributed by atoms with E-state index < -0.39 is 5.92 Å². The molecule has 0 aromatic heterocycles. The van der Waals surface area contributed by atoms with Crippen LogP contribution in [0.2, 0.25) is 10.0 Å². The second-order valence-electron chi connectivity index (χ2n) is 8.11. The average Bonchev–Trinajstić information content (AvgIpc) is 3.35. The standard InChI is InChI=1S/C22H17BrCl2N2O4/c23-18-12-8-13-17(22(30)31-19(13)18)16(12)21(29)26-11-4-1-9(2-5-11)20(28)27-15-6-3-10(24)7-14(15)25/h1-7,12-13,16-19H,8H2,(H,26,29)(H,27,28)/t12-,13-,16-,17+,18-,19+/m1/s1. The van der Waals surface area contributed by atoms with Gasteiger partial charge in [0.1, 0.15) is 6.10 Å². The van der Waals surface area contributed by atoms with Crippen molar-refractivity contribution >= 4 is 68.3 Å². The van der Waals surface area contributed by atoms with Gasteiger partial charge in [-0.3, -0.25) is 14.4 Å². The Bertz CT molecular complexity index is 1090. The summed E-state index contributed by atoms with van der Waals surface area (Å²) in [5.74, 6) is -1.37. The first-order valence-corrected chi connectivity index (χ1v) is 11.5. The van der Waals surface area contributed by atoms with Crippen LogP contribution in [-0.4, -0.2) is 28.7 Å². The Morgan fingerprint density at radius 1 is 1.03 bits per heavy atom. The van der Waals surface area contributed by atoms with Crippen LogP contribution in [0.15, 0.2) is 42.5 Å². The maximum atomic E-state index is 13.0. The molecule has 2 bridgehead atoms. The molecule has 3 aliphatic rings. The zero-order valence-electron chi connectivity index (χ0n) is 16.0. The van der Waals surface area contributed by atoms with Gasteiger partial charge in [0.25, 0.3) is 5.91 Å². The number of esters is 1. The van der Waals surface area contributed by atoms with Gasteiger partial charge in [-0.2, -0.15) is 0 Å². The molecule has 1 saturated heterocycles. The van der Waals surface area contributed by atoms with Crippen molar-refractivity contribution in [2.24, 2.45) is 23.7 Å². The largest absolute Gasteiger partial charge is 0.461 e. The molecule has 5 rings (SSSR count). The van der Waals surface area contributed by atoms with E-state index >= 15 is 0 Å². The second-order valence-corrected chi connectivity index (χ2v) is 10.0. The topological polar surface area (TPSA) is 84.5 Å². The van der Waals surface area contributed by atoms with Crippen LogP contribution in [0, 0.1) is 23.7 Å². The third-order valence-electron chi connectivity index (χ3n) is 6.42. The van der Waals surface area contributed by atoms with Crippen molar-refractivity contribution in [1.82, 2.24) is 0 Å². The van der Waals surface area contributed by atoms with E-state index in [9.17, 15) is 14.4 Å². The Labute approximate surface area is 196 Å². The van der Waals surface area contributed by atoms with E-state index in [-0.39, 0.29) is 46.5 Å². The van der Waals surface area contributed by atoms with E-state index in [1.54, 1.807) is 42.5 Å². The highest BCUT2D eigenvalue weighted by Crippen LogP contribution is 2.60. The number of halogens is 3. The van der Waals surface area contributed by atoms with Crippen LogP contribution < -0.4 is 10.6 Å². The van der Waals surface area contributed by atoms with Crippen molar-refractivity contribution in [2.45, 2.75) is 17.4 Å². The first kappa shape index (κ1) is 20.8. The molecule has 1 heterocycles. The molecule has 2 aromatic carbocycles. The fourth-order valence-electron chi connectivity index (χ4n) is 5.05. The highest BCUT2D eigenvalue weighted by Gasteiger charge is 2.67. The summed E-state index contributed by atoms with van der Waals surface area (Å²) < 4.78 is 5.46. The Morgan fingerprint density at radius 3 is 2.48 bits per heavy atom. The molecular weight excluding hydrogens is 507 g/mol. The quantitative estimate of drug-likeness (QED) is 0.447. The summed E-state index contributed by atoms with van der Waals surface area (Å²) in [7, 11) is 0. The summed E-state index contributed by atoms with van der Waals surface area (Å²) in [5.41, 5.74) is 1.42. The summed E-state index contributed by atoms with van der Waals surface area (Å²) >= 11 is 15.6. The predicted molar refractivity (Wildman–Crippen MR) is 121 cm³/mol. The molecule has 6 nitrogen and oxygen atoms in total. The SMILES string of the molecule is O=C(Nc1ccc(Cl)cc1Cl)c1ccc(NC(=O)[C@@H]2[C@H]3C[C@H]4[C@H](OC(=O)[C@@H]42)[C@@H]3Br)cc1. The molecule has 9 heteroatoms. The van der Waals surface area contributed by atoms with Crippen molar-refractivity contribution in [3.63, 3.8) is 0 Å². The minimum absolute atomic E-state index is 0.0155. The monoisotopic (exact) mass is 522 g/mol. The Hall–Kier alpha value is -2.09. The zero-order chi connectivity index (χ0) is 21.9. The number of carbonyl (C=O) groups excluding carboxylic acids is 3. The van der Waals surface area contributed by atoms with Gasteiger partial charge in [-0.1, -0.05) is 39.1 Å². The number of fused-ring (bicyclic) bond motifs is 1. The minimum atomic E-state index is -0.407. The minimum Gasteiger partial charge on any atom is -0.461 e. The van der Waals surface area contributed by atoms with Gasteiger partial charge in [-0.15, -0.1) is 0 Å². The number of rotatable bonds is 4. The molecular formula is C22H17BrCl2N2O4. The van der Waals surface area contributed by atoms with Crippen molar-refractivity contribution < 1.29 is 19.1 Å². The molecule has 0 spiro atoms. The summed E-state index contributed by atoms with van der Waals surface area (Å²) in [4.78, 5) is 37.7. The third-order valence-corrected chi connectivity index (χ3v) is 8.17. The highest BCUT2D eigenvalue weighted by atomic mass is 79.9. The lowest BCUT2D eigenvalue weighted by Gasteiger charge is -2.27. The van der Waals surface area contributed by atoms with Gasteiger partial charge < -0.3 is 15.4 Å². The fourth-order valence-corrected chi connectivity index (χ4v) is 6.55. The van der Waals surface area contributed by atoms with E-state index in [0.717, 1.165) is 6.42 Å². The van der Waals surface area contributed by atoms with E-state index in [1.165, 1.54) is 0 Å². The Balaban J connectivity index is 1.26. The molecule has 2 aliphatic carbocycles. The van der Waals surface area contributed by atoms with Crippen molar-refractivity contribution in [3.05, 3.63) is 58.1 Å². The first-order chi connectivity index (χ1) is 14.8. The third kappa shape index (κ3) is 3.52. The number of anilines is 2. The molecule has 0 radical (unpaired) electrons. The normalized spacial score (nSPS) is 30.2. The van der Waals surface area contributed by atoms with Gasteiger partial charge in [0.2, 0.25) is 5.91 Å². The van der Waals surface area contributed by atoms with E-state index in [4.69, 9.17) is 27.9 Å². The first-order valence-electron chi connectivity index (χ1n) is 9.85. The number of hydrogen-bond donors (Lipinski definition) is 2. The van der Waals surface area contributed by atoms with E-state index in [2.05, 4.69) is 26.6 Å². The number of amides is 2. The van der Waals surface area contributed by atoms with Crippen LogP contribution in [0.4, 0.5) is 11.4 Å². The van der Waals surface area contributed by atoms with Crippen LogP contribution in [0.25, 0.3) is 0 Å². The van der Waals surface area contributed by atoms with Crippen molar-refractivity contribution in [1.29, 1.82) is 0 Å². The number of alkyl halides is 1. The second kappa shape index (κ2) is 7.80. The van der Waals surface area contributed by atoms with Crippen LogP contribution in [-0.2, 0) is 14.3 Å². The van der Waals surface area contributed by atoms with E-state index in [1.807, 2.05) is 0 Å². The summed E-state index contributed by atoms with van der Waals surface area (Å²) in [6.07, 6.45) is 0.708. The molecule has 2 N–H and O–H groups in total. The molecule has 2 aromatic rings. The van der Waals surface area contributed by atoms with Gasteiger partial charge in [0.15, 0.2) is 0 Å². The Morgan fingerprint density at radius 2 is 1.77 bits per heavy atom. The molecule has 6 atom stereocenters. The lowest BCUT2D eigenvalue weighted by atomic mass is 9.79. The zero-order valence-corrected chi connectivity index (χ0v) is 19.1. The number of nitrogens with one attached hydrogen (secondary N) is 2. The van der Waals surface area contributed by atoms with Crippen molar-refractivity contribution in [2.75, 3.05) is 10.6 Å². The van der Waals surface area contributed by atoms with Crippen LogP contribution in [0.3, 0.4) is 0 Å². The highest BCUT2D eigenvalue weighted by molar-refractivity contribution is 9.09. The molecule has 31 heavy (non-hydrogen) atoms. The van der Waals surface area contributed by atoms with Gasteiger partial charge >= 0.3 is 5.97 Å². The number of hydrogen-bond acceptors (Lipinski definition) is 4. The molecule has 1 aliphatic heterocycles. The van der Waals surface area contributed by atoms with Crippen LogP contribution in [0.1, 0.15) is 16.8 Å². The number of benzene rings is 2. The van der Waals surface area contributed by atoms with E-state index in [0.29, 0.717) is 27.0 Å². The van der Waals surface area contributed by atoms with Gasteiger partial charge in [-0.25, -0.2) is 0 Å². The lowest BCUT2D eigenvalue weighted by molar-refractivity contribution is -0.145. The molecule has 2 amide bonds. The fraction of sp³-hybridized carbons (Fsp3) is 0.318. The lowest BCUT2D eigenvalue weighted by Crippen LogP contribution is -2.40. The maximum absolute atomic E-state index is 13.0.